The predicted octanol–water partition coefficient (Wildman–Crippen LogP) is 2.79. The van der Waals surface area contributed by atoms with Crippen molar-refractivity contribution in [3.8, 4) is 6.01 Å². The molecular formula is C13H23ClN4O2. The maximum atomic E-state index is 5.82. The molecule has 1 rings (SSSR count). The Bertz CT molecular complexity index is 402. The van der Waals surface area contributed by atoms with Crippen molar-refractivity contribution in [1.82, 2.24) is 15.0 Å². The zero-order valence-electron chi connectivity index (χ0n) is 12.5. The fourth-order valence-corrected chi connectivity index (χ4v) is 1.48. The first-order valence-corrected chi connectivity index (χ1v) is 7.25. The molecule has 1 aromatic heterocycles. The number of nitrogens with zero attached hydrogens (tertiary/aromatic N) is 3. The average Bonchev–Trinajstić information content (AvgIpc) is 2.31. The van der Waals surface area contributed by atoms with Crippen molar-refractivity contribution < 1.29 is 9.47 Å². The summed E-state index contributed by atoms with van der Waals surface area (Å²) in [6.45, 7) is 10.1. The fraction of sp³-hybridized carbons (Fsp3) is 0.769. The Morgan fingerprint density at radius 1 is 1.10 bits per heavy atom. The molecule has 0 amide bonds. The van der Waals surface area contributed by atoms with Gasteiger partial charge in [0.15, 0.2) is 0 Å². The zero-order chi connectivity index (χ0) is 15.0. The van der Waals surface area contributed by atoms with Crippen LogP contribution in [-0.4, -0.2) is 40.8 Å². The van der Waals surface area contributed by atoms with Crippen LogP contribution in [0.5, 0.6) is 6.01 Å². The van der Waals surface area contributed by atoms with Gasteiger partial charge in [0.05, 0.1) is 12.7 Å². The third kappa shape index (κ3) is 7.45. The topological polar surface area (TPSA) is 69.2 Å². The van der Waals surface area contributed by atoms with Crippen LogP contribution in [-0.2, 0) is 4.74 Å². The van der Waals surface area contributed by atoms with Crippen LogP contribution >= 0.6 is 11.6 Å². The first kappa shape index (κ1) is 16.9. The molecule has 7 heteroatoms. The molecule has 0 atom stereocenters. The largest absolute Gasteiger partial charge is 0.461 e. The van der Waals surface area contributed by atoms with E-state index >= 15 is 0 Å². The summed E-state index contributed by atoms with van der Waals surface area (Å²) >= 11 is 5.82. The second-order valence-electron chi connectivity index (χ2n) is 5.10. The van der Waals surface area contributed by atoms with Gasteiger partial charge in [-0.2, -0.15) is 15.0 Å². The number of hydrogen-bond donors (Lipinski definition) is 1. The first-order valence-electron chi connectivity index (χ1n) is 6.87. The van der Waals surface area contributed by atoms with Gasteiger partial charge in [-0.3, -0.25) is 0 Å². The molecule has 0 aliphatic rings. The van der Waals surface area contributed by atoms with E-state index in [2.05, 4.69) is 34.1 Å². The van der Waals surface area contributed by atoms with E-state index in [0.717, 1.165) is 13.0 Å². The summed E-state index contributed by atoms with van der Waals surface area (Å²) in [5.74, 6) is 1.05. The Labute approximate surface area is 125 Å². The summed E-state index contributed by atoms with van der Waals surface area (Å²) in [4.78, 5) is 12.0. The molecule has 0 unspecified atom stereocenters. The quantitative estimate of drug-likeness (QED) is 0.707. The number of ether oxygens (including phenoxy) is 2. The minimum atomic E-state index is -0.0133. The molecule has 20 heavy (non-hydrogen) atoms. The Morgan fingerprint density at radius 2 is 1.85 bits per heavy atom. The van der Waals surface area contributed by atoms with Gasteiger partial charge in [-0.1, -0.05) is 13.8 Å². The normalized spacial score (nSPS) is 11.2. The SMILES string of the molecule is CC(C)CCOCCNc1nc(Cl)nc(OC(C)C)n1. The van der Waals surface area contributed by atoms with Crippen molar-refractivity contribution in [2.75, 3.05) is 25.1 Å². The minimum absolute atomic E-state index is 0.0133. The van der Waals surface area contributed by atoms with E-state index < -0.39 is 0 Å². The number of hydrogen-bond acceptors (Lipinski definition) is 6. The van der Waals surface area contributed by atoms with E-state index in [0.29, 0.717) is 25.0 Å². The van der Waals surface area contributed by atoms with Crippen LogP contribution in [0.4, 0.5) is 5.95 Å². The van der Waals surface area contributed by atoms with Crippen LogP contribution in [0.2, 0.25) is 5.28 Å². The number of aromatic nitrogens is 3. The van der Waals surface area contributed by atoms with E-state index in [1.165, 1.54) is 0 Å². The molecule has 1 N–H and O–H groups in total. The van der Waals surface area contributed by atoms with Crippen LogP contribution in [0.15, 0.2) is 0 Å². The molecule has 0 spiro atoms. The molecule has 0 aliphatic carbocycles. The summed E-state index contributed by atoms with van der Waals surface area (Å²) in [6.07, 6.45) is 1.05. The number of nitrogens with one attached hydrogen (secondary N) is 1. The van der Waals surface area contributed by atoms with Gasteiger partial charge < -0.3 is 14.8 Å². The Morgan fingerprint density at radius 3 is 2.50 bits per heavy atom. The summed E-state index contributed by atoms with van der Waals surface area (Å²) in [7, 11) is 0. The summed E-state index contributed by atoms with van der Waals surface area (Å²) in [5, 5.41) is 3.15. The Hall–Kier alpha value is -1.14. The first-order chi connectivity index (χ1) is 9.47. The lowest BCUT2D eigenvalue weighted by Crippen LogP contribution is -2.15. The van der Waals surface area contributed by atoms with Crippen LogP contribution in [0.1, 0.15) is 34.1 Å². The molecular weight excluding hydrogens is 280 g/mol. The van der Waals surface area contributed by atoms with Crippen molar-refractivity contribution >= 4 is 17.5 Å². The lowest BCUT2D eigenvalue weighted by Gasteiger charge is -2.10. The molecule has 0 aromatic carbocycles. The average molecular weight is 303 g/mol. The second-order valence-corrected chi connectivity index (χ2v) is 5.44. The van der Waals surface area contributed by atoms with Gasteiger partial charge in [0.1, 0.15) is 0 Å². The van der Waals surface area contributed by atoms with Crippen molar-refractivity contribution in [2.45, 2.75) is 40.2 Å². The monoisotopic (exact) mass is 302 g/mol. The minimum Gasteiger partial charge on any atom is -0.461 e. The molecule has 1 heterocycles. The molecule has 0 fully saturated rings. The second kappa shape index (κ2) is 8.92. The molecule has 0 saturated heterocycles. The number of halogens is 1. The number of anilines is 1. The third-order valence-corrected chi connectivity index (χ3v) is 2.47. The highest BCUT2D eigenvalue weighted by molar-refractivity contribution is 6.28. The highest BCUT2D eigenvalue weighted by Gasteiger charge is 2.07. The van der Waals surface area contributed by atoms with Crippen molar-refractivity contribution in [3.05, 3.63) is 5.28 Å². The highest BCUT2D eigenvalue weighted by atomic mass is 35.5. The van der Waals surface area contributed by atoms with Crippen molar-refractivity contribution in [1.29, 1.82) is 0 Å². The summed E-state index contributed by atoms with van der Waals surface area (Å²) in [6, 6.07) is 0.225. The standard InChI is InChI=1S/C13H23ClN4O2/c1-9(2)5-7-19-8-6-15-12-16-11(14)17-13(18-12)20-10(3)4/h9-10H,5-8H2,1-4H3,(H,15,16,17,18). The third-order valence-electron chi connectivity index (χ3n) is 2.30. The van der Waals surface area contributed by atoms with E-state index in [1.54, 1.807) is 0 Å². The summed E-state index contributed by atoms with van der Waals surface area (Å²) < 4.78 is 10.9. The molecule has 0 bridgehead atoms. The highest BCUT2D eigenvalue weighted by Crippen LogP contribution is 2.12. The van der Waals surface area contributed by atoms with Crippen LogP contribution in [0.3, 0.4) is 0 Å². The van der Waals surface area contributed by atoms with Gasteiger partial charge in [-0.05, 0) is 37.8 Å². The van der Waals surface area contributed by atoms with E-state index in [4.69, 9.17) is 21.1 Å². The molecule has 0 radical (unpaired) electrons. The van der Waals surface area contributed by atoms with E-state index in [1.807, 2.05) is 13.8 Å². The predicted molar refractivity (Wildman–Crippen MR) is 79.4 cm³/mol. The van der Waals surface area contributed by atoms with Crippen molar-refractivity contribution in [2.24, 2.45) is 5.92 Å². The molecule has 1 aromatic rings. The molecule has 0 aliphatic heterocycles. The fourth-order valence-electron chi connectivity index (χ4n) is 1.33. The van der Waals surface area contributed by atoms with E-state index in [-0.39, 0.29) is 17.4 Å². The summed E-state index contributed by atoms with van der Waals surface area (Å²) in [5.41, 5.74) is 0. The van der Waals surface area contributed by atoms with Crippen LogP contribution < -0.4 is 10.1 Å². The lowest BCUT2D eigenvalue weighted by atomic mass is 10.1. The van der Waals surface area contributed by atoms with Gasteiger partial charge in [-0.15, -0.1) is 0 Å². The van der Waals surface area contributed by atoms with Gasteiger partial charge >= 0.3 is 6.01 Å². The lowest BCUT2D eigenvalue weighted by molar-refractivity contribution is 0.132. The van der Waals surface area contributed by atoms with Gasteiger partial charge in [-0.25, -0.2) is 0 Å². The zero-order valence-corrected chi connectivity index (χ0v) is 13.3. The van der Waals surface area contributed by atoms with Gasteiger partial charge in [0, 0.05) is 13.2 Å². The Kier molecular flexibility index (Phi) is 7.54. The number of rotatable bonds is 9. The maximum absolute atomic E-state index is 5.82. The maximum Gasteiger partial charge on any atom is 0.322 e. The van der Waals surface area contributed by atoms with Crippen molar-refractivity contribution in [3.63, 3.8) is 0 Å². The molecule has 0 saturated carbocycles. The molecule has 114 valence electrons. The smallest absolute Gasteiger partial charge is 0.322 e. The van der Waals surface area contributed by atoms with Gasteiger partial charge in [0.2, 0.25) is 11.2 Å². The Balaban J connectivity index is 2.34. The van der Waals surface area contributed by atoms with Gasteiger partial charge in [0.25, 0.3) is 0 Å². The molecule has 6 nitrogen and oxygen atoms in total. The van der Waals surface area contributed by atoms with E-state index in [9.17, 15) is 0 Å². The van der Waals surface area contributed by atoms with Crippen LogP contribution in [0, 0.1) is 5.92 Å². The van der Waals surface area contributed by atoms with Crippen LogP contribution in [0.25, 0.3) is 0 Å².